The summed E-state index contributed by atoms with van der Waals surface area (Å²) >= 11 is 6.44. The van der Waals surface area contributed by atoms with Gasteiger partial charge in [0.1, 0.15) is 10.9 Å². The number of para-hydroxylation sites is 2. The van der Waals surface area contributed by atoms with Crippen LogP contribution in [0.3, 0.4) is 0 Å². The van der Waals surface area contributed by atoms with Gasteiger partial charge in [0.05, 0.1) is 29.6 Å². The number of nitrogens with zero attached hydrogens (tertiary/aromatic N) is 2. The van der Waals surface area contributed by atoms with E-state index in [-0.39, 0.29) is 5.78 Å². The minimum Gasteiger partial charge on any atom is -0.496 e. The van der Waals surface area contributed by atoms with Crippen LogP contribution in [0.2, 0.25) is 5.15 Å². The highest BCUT2D eigenvalue weighted by Crippen LogP contribution is 2.28. The van der Waals surface area contributed by atoms with E-state index in [9.17, 15) is 4.79 Å². The lowest BCUT2D eigenvalue weighted by Gasteiger charge is -2.07. The Morgan fingerprint density at radius 2 is 1.74 bits per heavy atom. The van der Waals surface area contributed by atoms with Crippen LogP contribution in [0.1, 0.15) is 21.6 Å². The van der Waals surface area contributed by atoms with Gasteiger partial charge in [0, 0.05) is 0 Å². The molecule has 1 heterocycles. The second kappa shape index (κ2) is 6.26. The van der Waals surface area contributed by atoms with Crippen LogP contribution in [0, 0.1) is 6.92 Å². The number of rotatable bonds is 4. The Kier molecular flexibility index (Phi) is 4.17. The second-order valence-electron chi connectivity index (χ2n) is 5.03. The van der Waals surface area contributed by atoms with Crippen LogP contribution in [0.5, 0.6) is 5.75 Å². The summed E-state index contributed by atoms with van der Waals surface area (Å²) in [5, 5.41) is 4.70. The summed E-state index contributed by atoms with van der Waals surface area (Å²) < 4.78 is 6.84. The van der Waals surface area contributed by atoms with Crippen molar-refractivity contribution in [3.8, 4) is 11.4 Å². The fourth-order valence-corrected chi connectivity index (χ4v) is 2.82. The van der Waals surface area contributed by atoms with Gasteiger partial charge in [-0.1, -0.05) is 41.9 Å². The molecule has 0 bridgehead atoms. The van der Waals surface area contributed by atoms with E-state index in [4.69, 9.17) is 16.3 Å². The van der Waals surface area contributed by atoms with E-state index in [0.717, 1.165) is 5.69 Å². The molecule has 1 aromatic heterocycles. The van der Waals surface area contributed by atoms with Crippen molar-refractivity contribution in [1.82, 2.24) is 9.78 Å². The van der Waals surface area contributed by atoms with Gasteiger partial charge in [-0.05, 0) is 31.2 Å². The van der Waals surface area contributed by atoms with Gasteiger partial charge in [0.2, 0.25) is 5.78 Å². The fraction of sp³-hybridized carbons (Fsp3) is 0.111. The van der Waals surface area contributed by atoms with Crippen molar-refractivity contribution in [2.45, 2.75) is 6.92 Å². The number of carbonyl (C=O) groups is 1. The first-order valence-electron chi connectivity index (χ1n) is 7.11. The maximum Gasteiger partial charge on any atom is 0.201 e. The lowest BCUT2D eigenvalue weighted by atomic mass is 10.0. The van der Waals surface area contributed by atoms with Crippen LogP contribution in [0.25, 0.3) is 5.69 Å². The molecule has 0 atom stereocenters. The van der Waals surface area contributed by atoms with E-state index < -0.39 is 0 Å². The highest BCUT2D eigenvalue weighted by Gasteiger charge is 2.24. The number of methoxy groups -OCH3 is 1. The Balaban J connectivity index is 2.11. The number of halogens is 1. The maximum absolute atomic E-state index is 12.9. The molecule has 0 aliphatic rings. The van der Waals surface area contributed by atoms with Gasteiger partial charge in [-0.3, -0.25) is 4.79 Å². The summed E-state index contributed by atoms with van der Waals surface area (Å²) in [7, 11) is 1.54. The number of carbonyl (C=O) groups excluding carboxylic acids is 1. The van der Waals surface area contributed by atoms with Crippen LogP contribution in [0.4, 0.5) is 0 Å². The summed E-state index contributed by atoms with van der Waals surface area (Å²) in [6, 6.07) is 16.5. The Bertz CT molecular complexity index is 857. The maximum atomic E-state index is 12.9. The number of benzene rings is 2. The Morgan fingerprint density at radius 3 is 2.43 bits per heavy atom. The molecule has 3 aromatic rings. The van der Waals surface area contributed by atoms with Crippen molar-refractivity contribution in [2.75, 3.05) is 7.11 Å². The number of ether oxygens (including phenoxy) is 1. The Morgan fingerprint density at radius 1 is 1.09 bits per heavy atom. The lowest BCUT2D eigenvalue weighted by molar-refractivity contribution is 0.103. The van der Waals surface area contributed by atoms with Crippen LogP contribution in [-0.4, -0.2) is 22.7 Å². The molecule has 0 spiro atoms. The molecule has 23 heavy (non-hydrogen) atoms. The monoisotopic (exact) mass is 326 g/mol. The molecule has 0 aliphatic heterocycles. The molecule has 0 saturated heterocycles. The molecule has 0 amide bonds. The summed E-state index contributed by atoms with van der Waals surface area (Å²) in [4.78, 5) is 12.9. The molecule has 0 aliphatic carbocycles. The molecule has 2 aromatic carbocycles. The Labute approximate surface area is 139 Å². The molecule has 0 unspecified atom stereocenters. The van der Waals surface area contributed by atoms with Crippen LogP contribution in [-0.2, 0) is 0 Å². The van der Waals surface area contributed by atoms with Crippen molar-refractivity contribution in [1.29, 1.82) is 0 Å². The zero-order valence-corrected chi connectivity index (χ0v) is 13.5. The molecule has 0 radical (unpaired) electrons. The first-order valence-corrected chi connectivity index (χ1v) is 7.49. The molecule has 0 fully saturated rings. The third-order valence-corrected chi connectivity index (χ3v) is 3.93. The standard InChI is InChI=1S/C18H15ClN2O2/c1-12-16(17(22)14-10-6-7-11-15(14)23-2)18(19)21(20-12)13-8-4-3-5-9-13/h3-11H,1-2H3. The van der Waals surface area contributed by atoms with Gasteiger partial charge in [-0.15, -0.1) is 0 Å². The quantitative estimate of drug-likeness (QED) is 0.679. The van der Waals surface area contributed by atoms with E-state index in [0.29, 0.717) is 27.7 Å². The molecule has 0 N–H and O–H groups in total. The number of aryl methyl sites for hydroxylation is 1. The third-order valence-electron chi connectivity index (χ3n) is 3.58. The first-order chi connectivity index (χ1) is 11.1. The van der Waals surface area contributed by atoms with Gasteiger partial charge < -0.3 is 4.74 Å². The van der Waals surface area contributed by atoms with Gasteiger partial charge in [-0.25, -0.2) is 4.68 Å². The largest absolute Gasteiger partial charge is 0.496 e. The topological polar surface area (TPSA) is 44.1 Å². The van der Waals surface area contributed by atoms with Crippen molar-refractivity contribution < 1.29 is 9.53 Å². The summed E-state index contributed by atoms with van der Waals surface area (Å²) in [6.45, 7) is 1.77. The zero-order valence-electron chi connectivity index (χ0n) is 12.8. The molecule has 116 valence electrons. The number of hydrogen-bond acceptors (Lipinski definition) is 3. The van der Waals surface area contributed by atoms with Gasteiger partial charge in [0.15, 0.2) is 0 Å². The average molecular weight is 327 g/mol. The number of hydrogen-bond donors (Lipinski definition) is 0. The summed E-state index contributed by atoms with van der Waals surface area (Å²) in [5.41, 5.74) is 2.24. The highest BCUT2D eigenvalue weighted by atomic mass is 35.5. The second-order valence-corrected chi connectivity index (χ2v) is 5.39. The van der Waals surface area contributed by atoms with E-state index in [1.807, 2.05) is 36.4 Å². The highest BCUT2D eigenvalue weighted by molar-refractivity contribution is 6.34. The number of aromatic nitrogens is 2. The summed E-state index contributed by atoms with van der Waals surface area (Å²) in [5.74, 6) is 0.313. The van der Waals surface area contributed by atoms with E-state index in [1.54, 1.807) is 29.8 Å². The van der Waals surface area contributed by atoms with Crippen LogP contribution < -0.4 is 4.74 Å². The van der Waals surface area contributed by atoms with Crippen molar-refractivity contribution in [3.05, 3.63) is 76.6 Å². The molecular formula is C18H15ClN2O2. The minimum absolute atomic E-state index is 0.202. The van der Waals surface area contributed by atoms with E-state index >= 15 is 0 Å². The van der Waals surface area contributed by atoms with Crippen LogP contribution >= 0.6 is 11.6 Å². The number of ketones is 1. The normalized spacial score (nSPS) is 10.6. The molecule has 5 heteroatoms. The smallest absolute Gasteiger partial charge is 0.201 e. The summed E-state index contributed by atoms with van der Waals surface area (Å²) in [6.07, 6.45) is 0. The van der Waals surface area contributed by atoms with Crippen molar-refractivity contribution in [3.63, 3.8) is 0 Å². The molecular weight excluding hydrogens is 312 g/mol. The average Bonchev–Trinajstić information content (AvgIpc) is 2.89. The first kappa shape index (κ1) is 15.3. The Hall–Kier alpha value is -2.59. The minimum atomic E-state index is -0.202. The predicted octanol–water partition coefficient (Wildman–Crippen LogP) is 4.07. The van der Waals surface area contributed by atoms with Gasteiger partial charge in [-0.2, -0.15) is 5.10 Å². The molecule has 4 nitrogen and oxygen atoms in total. The van der Waals surface area contributed by atoms with Crippen LogP contribution in [0.15, 0.2) is 54.6 Å². The van der Waals surface area contributed by atoms with E-state index in [1.165, 1.54) is 7.11 Å². The lowest BCUT2D eigenvalue weighted by Crippen LogP contribution is -2.05. The third kappa shape index (κ3) is 2.73. The van der Waals surface area contributed by atoms with Crippen molar-refractivity contribution in [2.24, 2.45) is 0 Å². The van der Waals surface area contributed by atoms with E-state index in [2.05, 4.69) is 5.10 Å². The molecule has 0 saturated carbocycles. The zero-order chi connectivity index (χ0) is 16.4. The fourth-order valence-electron chi connectivity index (χ4n) is 2.46. The van der Waals surface area contributed by atoms with Crippen molar-refractivity contribution >= 4 is 17.4 Å². The molecule has 3 rings (SSSR count). The van der Waals surface area contributed by atoms with Gasteiger partial charge in [0.25, 0.3) is 0 Å². The van der Waals surface area contributed by atoms with Gasteiger partial charge >= 0.3 is 0 Å². The SMILES string of the molecule is COc1ccccc1C(=O)c1c(C)nn(-c2ccccc2)c1Cl. The predicted molar refractivity (Wildman–Crippen MR) is 89.7 cm³/mol.